The Bertz CT molecular complexity index is 762. The average Bonchev–Trinajstić information content (AvgIpc) is 2.82. The molecule has 2 N–H and O–H groups in total. The highest BCUT2D eigenvalue weighted by molar-refractivity contribution is 5.96. The van der Waals surface area contributed by atoms with Gasteiger partial charge in [0.1, 0.15) is 12.1 Å². The second-order valence-electron chi connectivity index (χ2n) is 4.16. The Morgan fingerprint density at radius 1 is 1.16 bits per heavy atom. The summed E-state index contributed by atoms with van der Waals surface area (Å²) in [5.41, 5.74) is 7.94. The van der Waals surface area contributed by atoms with Crippen LogP contribution in [-0.4, -0.2) is 15.5 Å². The third-order valence-electron chi connectivity index (χ3n) is 2.94. The molecule has 0 aliphatic carbocycles. The standard InChI is InChI=1S/C14H10FN3O/c15-10-2-4-11(5-3-10)18-8-17-12-7-9(14(16)19)1-6-13(12)18/h1-8H,(H2,16,19). The maximum Gasteiger partial charge on any atom is 0.248 e. The molecule has 5 heteroatoms. The fourth-order valence-corrected chi connectivity index (χ4v) is 1.97. The van der Waals surface area contributed by atoms with Gasteiger partial charge in [-0.2, -0.15) is 0 Å². The molecule has 0 fully saturated rings. The predicted molar refractivity (Wildman–Crippen MR) is 69.5 cm³/mol. The van der Waals surface area contributed by atoms with Crippen molar-refractivity contribution in [1.82, 2.24) is 9.55 Å². The van der Waals surface area contributed by atoms with Crippen LogP contribution in [0.5, 0.6) is 0 Å². The lowest BCUT2D eigenvalue weighted by atomic mass is 10.2. The summed E-state index contributed by atoms with van der Waals surface area (Å²) < 4.78 is 14.7. The summed E-state index contributed by atoms with van der Waals surface area (Å²) in [5, 5.41) is 0. The number of carbonyl (C=O) groups excluding carboxylic acids is 1. The van der Waals surface area contributed by atoms with Crippen LogP contribution in [0.2, 0.25) is 0 Å². The monoisotopic (exact) mass is 255 g/mol. The summed E-state index contributed by atoms with van der Waals surface area (Å²) in [6, 6.07) is 11.2. The van der Waals surface area contributed by atoms with Gasteiger partial charge in [-0.05, 0) is 42.5 Å². The minimum atomic E-state index is -0.488. The van der Waals surface area contributed by atoms with Gasteiger partial charge in [0.2, 0.25) is 5.91 Å². The number of hydrogen-bond donors (Lipinski definition) is 1. The average molecular weight is 255 g/mol. The molecule has 2 aromatic carbocycles. The Morgan fingerprint density at radius 3 is 2.58 bits per heavy atom. The molecule has 0 aliphatic rings. The number of hydrogen-bond acceptors (Lipinski definition) is 2. The van der Waals surface area contributed by atoms with Crippen LogP contribution in [0.1, 0.15) is 10.4 Å². The smallest absolute Gasteiger partial charge is 0.248 e. The molecular formula is C14H10FN3O. The van der Waals surface area contributed by atoms with Crippen LogP contribution >= 0.6 is 0 Å². The SMILES string of the molecule is NC(=O)c1ccc2c(c1)ncn2-c1ccc(F)cc1. The van der Waals surface area contributed by atoms with Crippen molar-refractivity contribution < 1.29 is 9.18 Å². The summed E-state index contributed by atoms with van der Waals surface area (Å²) >= 11 is 0. The highest BCUT2D eigenvalue weighted by Gasteiger charge is 2.07. The molecule has 0 atom stereocenters. The zero-order valence-corrected chi connectivity index (χ0v) is 9.88. The molecule has 0 saturated carbocycles. The maximum absolute atomic E-state index is 12.9. The van der Waals surface area contributed by atoms with E-state index in [4.69, 9.17) is 5.73 Å². The first-order valence-corrected chi connectivity index (χ1v) is 5.68. The number of aromatic nitrogens is 2. The molecule has 1 amide bonds. The molecule has 0 aliphatic heterocycles. The predicted octanol–water partition coefficient (Wildman–Crippen LogP) is 2.26. The van der Waals surface area contributed by atoms with Gasteiger partial charge in [-0.15, -0.1) is 0 Å². The van der Waals surface area contributed by atoms with E-state index >= 15 is 0 Å². The molecule has 1 aromatic heterocycles. The number of fused-ring (bicyclic) bond motifs is 1. The lowest BCUT2D eigenvalue weighted by molar-refractivity contribution is 0.100. The molecular weight excluding hydrogens is 245 g/mol. The van der Waals surface area contributed by atoms with Gasteiger partial charge in [-0.3, -0.25) is 9.36 Å². The molecule has 4 nitrogen and oxygen atoms in total. The van der Waals surface area contributed by atoms with Crippen LogP contribution < -0.4 is 5.73 Å². The van der Waals surface area contributed by atoms with Crippen molar-refractivity contribution in [3.8, 4) is 5.69 Å². The molecule has 94 valence electrons. The minimum Gasteiger partial charge on any atom is -0.366 e. The zero-order chi connectivity index (χ0) is 13.4. The fraction of sp³-hybridized carbons (Fsp3) is 0. The van der Waals surface area contributed by atoms with E-state index in [-0.39, 0.29) is 5.82 Å². The van der Waals surface area contributed by atoms with Crippen molar-refractivity contribution in [2.75, 3.05) is 0 Å². The second-order valence-corrected chi connectivity index (χ2v) is 4.16. The first-order chi connectivity index (χ1) is 9.15. The Hall–Kier alpha value is -2.69. The molecule has 0 radical (unpaired) electrons. The number of imidazole rings is 1. The van der Waals surface area contributed by atoms with E-state index < -0.39 is 5.91 Å². The molecule has 0 saturated heterocycles. The largest absolute Gasteiger partial charge is 0.366 e. The summed E-state index contributed by atoms with van der Waals surface area (Å²) in [6.45, 7) is 0. The molecule has 3 rings (SSSR count). The molecule has 0 bridgehead atoms. The van der Waals surface area contributed by atoms with Crippen molar-refractivity contribution in [3.63, 3.8) is 0 Å². The fourth-order valence-electron chi connectivity index (χ4n) is 1.97. The summed E-state index contributed by atoms with van der Waals surface area (Å²) in [7, 11) is 0. The van der Waals surface area contributed by atoms with Crippen LogP contribution in [0.25, 0.3) is 16.7 Å². The highest BCUT2D eigenvalue weighted by Crippen LogP contribution is 2.19. The Balaban J connectivity index is 2.15. The minimum absolute atomic E-state index is 0.288. The molecule has 0 unspecified atom stereocenters. The number of carbonyl (C=O) groups is 1. The van der Waals surface area contributed by atoms with Crippen molar-refractivity contribution in [2.24, 2.45) is 5.73 Å². The van der Waals surface area contributed by atoms with E-state index in [2.05, 4.69) is 4.98 Å². The lowest BCUT2D eigenvalue weighted by Crippen LogP contribution is -2.10. The number of primary amides is 1. The number of rotatable bonds is 2. The number of nitrogens with zero attached hydrogens (tertiary/aromatic N) is 2. The van der Waals surface area contributed by atoms with E-state index in [1.165, 1.54) is 12.1 Å². The molecule has 0 spiro atoms. The quantitative estimate of drug-likeness (QED) is 0.763. The number of nitrogens with two attached hydrogens (primary N) is 1. The van der Waals surface area contributed by atoms with Gasteiger partial charge < -0.3 is 5.73 Å². The van der Waals surface area contributed by atoms with Gasteiger partial charge in [0.15, 0.2) is 0 Å². The first kappa shape index (κ1) is 11.4. The number of benzene rings is 2. The Labute approximate surface area is 108 Å². The van der Waals surface area contributed by atoms with Crippen LogP contribution in [0.15, 0.2) is 48.8 Å². The van der Waals surface area contributed by atoms with Crippen molar-refractivity contribution >= 4 is 16.9 Å². The van der Waals surface area contributed by atoms with Crippen molar-refractivity contribution in [2.45, 2.75) is 0 Å². The lowest BCUT2D eigenvalue weighted by Gasteiger charge is -2.04. The van der Waals surface area contributed by atoms with Crippen LogP contribution in [0, 0.1) is 5.82 Å². The van der Waals surface area contributed by atoms with E-state index in [1.54, 1.807) is 36.7 Å². The van der Waals surface area contributed by atoms with Crippen molar-refractivity contribution in [3.05, 3.63) is 60.2 Å². The van der Waals surface area contributed by atoms with Gasteiger partial charge >= 0.3 is 0 Å². The third kappa shape index (κ3) is 1.95. The third-order valence-corrected chi connectivity index (χ3v) is 2.94. The van der Waals surface area contributed by atoms with E-state index in [9.17, 15) is 9.18 Å². The molecule has 19 heavy (non-hydrogen) atoms. The van der Waals surface area contributed by atoms with Gasteiger partial charge in [0.05, 0.1) is 11.0 Å². The highest BCUT2D eigenvalue weighted by atomic mass is 19.1. The van der Waals surface area contributed by atoms with Crippen molar-refractivity contribution in [1.29, 1.82) is 0 Å². The summed E-state index contributed by atoms with van der Waals surface area (Å²) in [6.07, 6.45) is 1.63. The van der Waals surface area contributed by atoms with Crippen LogP contribution in [0.4, 0.5) is 4.39 Å². The van der Waals surface area contributed by atoms with Crippen LogP contribution in [0.3, 0.4) is 0 Å². The second kappa shape index (κ2) is 4.20. The van der Waals surface area contributed by atoms with E-state index in [1.807, 2.05) is 4.57 Å². The molecule has 1 heterocycles. The number of amides is 1. The topological polar surface area (TPSA) is 60.9 Å². The van der Waals surface area contributed by atoms with E-state index in [0.29, 0.717) is 11.1 Å². The Kier molecular flexibility index (Phi) is 2.52. The normalized spacial score (nSPS) is 10.8. The molecule has 3 aromatic rings. The van der Waals surface area contributed by atoms with E-state index in [0.717, 1.165) is 11.2 Å². The van der Waals surface area contributed by atoms with Crippen LogP contribution in [-0.2, 0) is 0 Å². The summed E-state index contributed by atoms with van der Waals surface area (Å²) in [5.74, 6) is -0.776. The zero-order valence-electron chi connectivity index (χ0n) is 9.88. The van der Waals surface area contributed by atoms with Gasteiger partial charge in [0, 0.05) is 11.3 Å². The van der Waals surface area contributed by atoms with Gasteiger partial charge in [0.25, 0.3) is 0 Å². The Morgan fingerprint density at radius 2 is 1.89 bits per heavy atom. The maximum atomic E-state index is 12.9. The number of halogens is 1. The van der Waals surface area contributed by atoms with Gasteiger partial charge in [-0.1, -0.05) is 0 Å². The van der Waals surface area contributed by atoms with Gasteiger partial charge in [-0.25, -0.2) is 9.37 Å². The first-order valence-electron chi connectivity index (χ1n) is 5.68. The summed E-state index contributed by atoms with van der Waals surface area (Å²) in [4.78, 5) is 15.3.